The highest BCUT2D eigenvalue weighted by Crippen LogP contribution is 2.34. The molecule has 0 unspecified atom stereocenters. The van der Waals surface area contributed by atoms with Crippen molar-refractivity contribution in [2.24, 2.45) is 10.2 Å². The van der Waals surface area contributed by atoms with Crippen LogP contribution in [0.25, 0.3) is 11.3 Å². The van der Waals surface area contributed by atoms with Crippen LogP contribution in [-0.2, 0) is 0 Å². The maximum Gasteiger partial charge on any atom is 0.292 e. The average Bonchev–Trinajstić information content (AvgIpc) is 3.06. The molecule has 8 heteroatoms. The molecule has 27 heavy (non-hydrogen) atoms. The third kappa shape index (κ3) is 3.84. The third-order valence-electron chi connectivity index (χ3n) is 4.06. The largest absolute Gasteiger partial charge is 0.493 e. The van der Waals surface area contributed by atoms with Gasteiger partial charge in [-0.15, -0.1) is 5.11 Å². The Balaban J connectivity index is 1.94. The van der Waals surface area contributed by atoms with Gasteiger partial charge in [-0.25, -0.2) is 0 Å². The summed E-state index contributed by atoms with van der Waals surface area (Å²) in [5.41, 5.74) is 2.80. The molecule has 0 aliphatic rings. The summed E-state index contributed by atoms with van der Waals surface area (Å²) < 4.78 is 10.6. The molecule has 0 radical (unpaired) electrons. The van der Waals surface area contributed by atoms with Crippen LogP contribution in [-0.4, -0.2) is 38.5 Å². The molecule has 0 fully saturated rings. The van der Waals surface area contributed by atoms with Gasteiger partial charge in [-0.05, 0) is 42.5 Å². The van der Waals surface area contributed by atoms with Gasteiger partial charge in [-0.1, -0.05) is 0 Å². The minimum atomic E-state index is -0.353. The molecule has 2 N–H and O–H groups in total. The number of ether oxygens (including phenoxy) is 2. The lowest BCUT2D eigenvalue weighted by atomic mass is 10.1. The van der Waals surface area contributed by atoms with Gasteiger partial charge in [0, 0.05) is 25.3 Å². The first kappa shape index (κ1) is 18.2. The summed E-state index contributed by atoms with van der Waals surface area (Å²) in [5, 5.41) is 13.7. The van der Waals surface area contributed by atoms with Crippen LogP contribution in [0.2, 0.25) is 0 Å². The van der Waals surface area contributed by atoms with Crippen molar-refractivity contribution >= 4 is 17.1 Å². The van der Waals surface area contributed by atoms with E-state index in [0.29, 0.717) is 22.9 Å². The van der Waals surface area contributed by atoms with E-state index in [1.54, 1.807) is 26.4 Å². The van der Waals surface area contributed by atoms with E-state index < -0.39 is 0 Å². The standard InChI is InChI=1S/C19H21N5O3/c1-24(2)14-8-6-13(7-9-14)20-22-18-17(21-23-19(18)25)12-5-10-15(26-3)16(11-12)27-4/h5-11H,1-4H3,(H2,21,23,25). The highest BCUT2D eigenvalue weighted by Gasteiger charge is 2.14. The zero-order valence-electron chi connectivity index (χ0n) is 15.6. The number of aromatic amines is 2. The van der Waals surface area contributed by atoms with Crippen molar-refractivity contribution in [2.45, 2.75) is 0 Å². The molecule has 0 amide bonds. The monoisotopic (exact) mass is 367 g/mol. The Bertz CT molecular complexity index is 1000. The summed E-state index contributed by atoms with van der Waals surface area (Å²) in [6.45, 7) is 0. The zero-order chi connectivity index (χ0) is 19.4. The zero-order valence-corrected chi connectivity index (χ0v) is 15.6. The van der Waals surface area contributed by atoms with Gasteiger partial charge in [0.25, 0.3) is 5.56 Å². The van der Waals surface area contributed by atoms with Crippen LogP contribution in [0, 0.1) is 0 Å². The molecule has 8 nitrogen and oxygen atoms in total. The van der Waals surface area contributed by atoms with E-state index in [4.69, 9.17) is 9.47 Å². The highest BCUT2D eigenvalue weighted by molar-refractivity contribution is 5.73. The smallest absolute Gasteiger partial charge is 0.292 e. The van der Waals surface area contributed by atoms with Gasteiger partial charge in [0.15, 0.2) is 17.2 Å². The number of methoxy groups -OCH3 is 2. The molecule has 140 valence electrons. The van der Waals surface area contributed by atoms with Gasteiger partial charge in [-0.2, -0.15) is 5.11 Å². The summed E-state index contributed by atoms with van der Waals surface area (Å²) >= 11 is 0. The fourth-order valence-electron chi connectivity index (χ4n) is 2.57. The topological polar surface area (TPSA) is 95.1 Å². The van der Waals surface area contributed by atoms with Gasteiger partial charge >= 0.3 is 0 Å². The second-order valence-corrected chi connectivity index (χ2v) is 5.98. The van der Waals surface area contributed by atoms with E-state index in [0.717, 1.165) is 11.3 Å². The second-order valence-electron chi connectivity index (χ2n) is 5.98. The van der Waals surface area contributed by atoms with Crippen LogP contribution in [0.1, 0.15) is 0 Å². The Morgan fingerprint density at radius 2 is 1.59 bits per heavy atom. The lowest BCUT2D eigenvalue weighted by Gasteiger charge is -2.11. The number of anilines is 1. The van der Waals surface area contributed by atoms with E-state index in [9.17, 15) is 4.79 Å². The minimum absolute atomic E-state index is 0.193. The summed E-state index contributed by atoms with van der Waals surface area (Å²) in [4.78, 5) is 14.1. The van der Waals surface area contributed by atoms with Gasteiger partial charge in [-0.3, -0.25) is 15.0 Å². The minimum Gasteiger partial charge on any atom is -0.493 e. The Morgan fingerprint density at radius 3 is 2.22 bits per heavy atom. The number of rotatable bonds is 6. The average molecular weight is 367 g/mol. The van der Waals surface area contributed by atoms with E-state index in [1.165, 1.54) is 0 Å². The Morgan fingerprint density at radius 1 is 0.889 bits per heavy atom. The lowest BCUT2D eigenvalue weighted by Crippen LogP contribution is -2.07. The number of aromatic nitrogens is 2. The molecule has 2 aromatic carbocycles. The summed E-state index contributed by atoms with van der Waals surface area (Å²) in [6, 6.07) is 12.9. The van der Waals surface area contributed by atoms with Gasteiger partial charge in [0.05, 0.1) is 25.6 Å². The molecule has 0 saturated carbocycles. The molecule has 1 heterocycles. The van der Waals surface area contributed by atoms with E-state index in [1.807, 2.05) is 49.3 Å². The number of nitrogens with one attached hydrogen (secondary N) is 2. The molecule has 0 aliphatic carbocycles. The Labute approximate surface area is 156 Å². The molecule has 1 aromatic heterocycles. The van der Waals surface area contributed by atoms with Crippen molar-refractivity contribution < 1.29 is 9.47 Å². The quantitative estimate of drug-likeness (QED) is 0.647. The van der Waals surface area contributed by atoms with Crippen LogP contribution >= 0.6 is 0 Å². The Kier molecular flexibility index (Phi) is 5.25. The van der Waals surface area contributed by atoms with Crippen molar-refractivity contribution in [3.8, 4) is 22.8 Å². The third-order valence-corrected chi connectivity index (χ3v) is 4.06. The Hall–Kier alpha value is -3.55. The molecular weight excluding hydrogens is 346 g/mol. The second kappa shape index (κ2) is 7.77. The SMILES string of the molecule is COc1ccc(-c2[nH][nH]c(=O)c2N=Nc2ccc(N(C)C)cc2)cc1OC. The number of azo groups is 1. The van der Waals surface area contributed by atoms with Crippen LogP contribution in [0.5, 0.6) is 11.5 Å². The highest BCUT2D eigenvalue weighted by atomic mass is 16.5. The van der Waals surface area contributed by atoms with Crippen molar-refractivity contribution in [3.63, 3.8) is 0 Å². The van der Waals surface area contributed by atoms with Crippen LogP contribution in [0.3, 0.4) is 0 Å². The van der Waals surface area contributed by atoms with Crippen LogP contribution in [0.15, 0.2) is 57.5 Å². The molecule has 0 atom stereocenters. The normalized spacial score (nSPS) is 11.0. The first-order valence-electron chi connectivity index (χ1n) is 8.25. The maximum atomic E-state index is 12.2. The molecule has 0 bridgehead atoms. The van der Waals surface area contributed by atoms with Crippen LogP contribution < -0.4 is 19.9 Å². The van der Waals surface area contributed by atoms with E-state index in [2.05, 4.69) is 20.4 Å². The maximum absolute atomic E-state index is 12.2. The number of benzene rings is 2. The predicted octanol–water partition coefficient (Wildman–Crippen LogP) is 3.87. The fourth-order valence-corrected chi connectivity index (χ4v) is 2.57. The fraction of sp³-hybridized carbons (Fsp3) is 0.211. The number of hydrogen-bond donors (Lipinski definition) is 2. The first-order chi connectivity index (χ1) is 13.0. The summed E-state index contributed by atoms with van der Waals surface area (Å²) in [5.74, 6) is 1.16. The molecule has 0 saturated heterocycles. The van der Waals surface area contributed by atoms with Crippen molar-refractivity contribution in [1.82, 2.24) is 10.2 Å². The number of nitrogens with zero attached hydrogens (tertiary/aromatic N) is 3. The molecular formula is C19H21N5O3. The van der Waals surface area contributed by atoms with Gasteiger partial charge < -0.3 is 14.4 Å². The number of hydrogen-bond acceptors (Lipinski definition) is 6. The predicted molar refractivity (Wildman–Crippen MR) is 105 cm³/mol. The molecule has 0 spiro atoms. The van der Waals surface area contributed by atoms with Gasteiger partial charge in [0.1, 0.15) is 0 Å². The lowest BCUT2D eigenvalue weighted by molar-refractivity contribution is 0.355. The van der Waals surface area contributed by atoms with Crippen molar-refractivity contribution in [2.75, 3.05) is 33.2 Å². The molecule has 3 rings (SSSR count). The molecule has 0 aliphatic heterocycles. The van der Waals surface area contributed by atoms with Crippen molar-refractivity contribution in [3.05, 3.63) is 52.8 Å². The van der Waals surface area contributed by atoms with Gasteiger partial charge in [0.2, 0.25) is 0 Å². The molecule has 3 aromatic rings. The summed E-state index contributed by atoms with van der Waals surface area (Å²) in [7, 11) is 7.05. The number of H-pyrrole nitrogens is 2. The van der Waals surface area contributed by atoms with E-state index >= 15 is 0 Å². The van der Waals surface area contributed by atoms with E-state index in [-0.39, 0.29) is 11.2 Å². The van der Waals surface area contributed by atoms with Crippen molar-refractivity contribution in [1.29, 1.82) is 0 Å². The first-order valence-corrected chi connectivity index (χ1v) is 8.25. The summed E-state index contributed by atoms with van der Waals surface area (Å²) in [6.07, 6.45) is 0. The van der Waals surface area contributed by atoms with Crippen LogP contribution in [0.4, 0.5) is 17.1 Å².